The third-order valence-corrected chi connectivity index (χ3v) is 6.68. The molecule has 0 radical (unpaired) electrons. The smallest absolute Gasteiger partial charge is 0.550 e. The van der Waals surface area contributed by atoms with Gasteiger partial charge in [0, 0.05) is 55.8 Å². The molecule has 7 heteroatoms. The van der Waals surface area contributed by atoms with Gasteiger partial charge < -0.3 is 14.8 Å². The minimum absolute atomic E-state index is 0. The molecule has 1 saturated heterocycles. The number of rotatable bonds is 6. The molecule has 176 valence electrons. The molecule has 2 heterocycles. The Labute approximate surface area is 232 Å². The van der Waals surface area contributed by atoms with Crippen LogP contribution in [0.1, 0.15) is 33.9 Å². The van der Waals surface area contributed by atoms with Crippen LogP contribution in [0.4, 0.5) is 0 Å². The number of hydrogen-bond acceptors (Lipinski definition) is 5. The van der Waals surface area contributed by atoms with E-state index in [0.29, 0.717) is 25.2 Å². The minimum Gasteiger partial charge on any atom is -0.550 e. The van der Waals surface area contributed by atoms with Crippen molar-refractivity contribution in [2.45, 2.75) is 18.5 Å². The van der Waals surface area contributed by atoms with Gasteiger partial charge in [-0.05, 0) is 16.5 Å². The van der Waals surface area contributed by atoms with E-state index in [1.165, 1.54) is 0 Å². The molecule has 1 fully saturated rings. The quantitative estimate of drug-likeness (QED) is 0.366. The molecule has 5 rings (SSSR count). The summed E-state index contributed by atoms with van der Waals surface area (Å²) in [7, 11) is 0. The Morgan fingerprint density at radius 1 is 0.861 bits per heavy atom. The predicted octanol–water partition coefficient (Wildman–Crippen LogP) is 0.295. The number of carboxylic acid groups (broad SMARTS) is 1. The van der Waals surface area contributed by atoms with E-state index in [-0.39, 0.29) is 47.9 Å². The molecule has 1 amide bonds. The van der Waals surface area contributed by atoms with Gasteiger partial charge in [0.1, 0.15) is 0 Å². The maximum absolute atomic E-state index is 13.6. The molecule has 0 bridgehead atoms. The van der Waals surface area contributed by atoms with E-state index in [0.717, 1.165) is 21.9 Å². The molecule has 0 aliphatic carbocycles. The number of aliphatic carboxylic acids is 1. The summed E-state index contributed by atoms with van der Waals surface area (Å²) in [6.45, 7) is 1.32. The summed E-state index contributed by atoms with van der Waals surface area (Å²) in [6.07, 6.45) is 3.18. The molecule has 1 aliphatic heterocycles. The summed E-state index contributed by atoms with van der Waals surface area (Å²) in [5, 5.41) is 13.5. The van der Waals surface area contributed by atoms with E-state index in [9.17, 15) is 14.7 Å². The first-order valence-corrected chi connectivity index (χ1v) is 11.8. The van der Waals surface area contributed by atoms with Crippen molar-refractivity contribution in [3.05, 3.63) is 114 Å². The fraction of sp³-hybridized carbons (Fsp3) is 0.207. The number of benzene rings is 3. The third kappa shape index (κ3) is 5.52. The summed E-state index contributed by atoms with van der Waals surface area (Å²) in [6, 6.07) is 27.3. The number of aromatic nitrogens is 1. The Morgan fingerprint density at radius 2 is 1.47 bits per heavy atom. The number of carbonyl (C=O) groups excluding carboxylic acids is 2. The van der Waals surface area contributed by atoms with E-state index in [4.69, 9.17) is 0 Å². The molecule has 0 N–H and O–H groups in total. The third-order valence-electron chi connectivity index (χ3n) is 6.68. The number of nitrogens with zero attached hydrogens (tertiary/aromatic N) is 3. The van der Waals surface area contributed by atoms with Crippen LogP contribution >= 0.6 is 0 Å². The Balaban J connectivity index is 0.00000304. The van der Waals surface area contributed by atoms with Crippen LogP contribution in [-0.4, -0.2) is 52.3 Å². The standard InChI is InChI=1S/C29H27N3O3.Na/c33-27(34)17-24-20-31(29(35)26-19-30-18-23-13-7-8-14-25(23)26)15-16-32(24)28(21-9-3-1-4-10-21)22-11-5-2-6-12-22;/h1-14,18-19,24,28H,15-17,20H2,(H,33,34);/q;+1/p-1. The number of amides is 1. The van der Waals surface area contributed by atoms with Crippen LogP contribution in [0.5, 0.6) is 0 Å². The molecule has 0 saturated carbocycles. The van der Waals surface area contributed by atoms with Crippen molar-refractivity contribution in [3.8, 4) is 0 Å². The molecule has 36 heavy (non-hydrogen) atoms. The van der Waals surface area contributed by atoms with Crippen LogP contribution in [-0.2, 0) is 4.79 Å². The Hall–Kier alpha value is -3.03. The van der Waals surface area contributed by atoms with Crippen LogP contribution in [0, 0.1) is 0 Å². The first kappa shape index (κ1) is 26.0. The summed E-state index contributed by atoms with van der Waals surface area (Å²) in [5.41, 5.74) is 2.70. The average Bonchev–Trinajstić information content (AvgIpc) is 2.90. The molecule has 1 unspecified atom stereocenters. The molecule has 0 spiro atoms. The first-order valence-electron chi connectivity index (χ1n) is 11.8. The Bertz CT molecular complexity index is 1290. The van der Waals surface area contributed by atoms with Crippen molar-refractivity contribution in [1.29, 1.82) is 0 Å². The van der Waals surface area contributed by atoms with Gasteiger partial charge in [-0.25, -0.2) is 0 Å². The number of pyridine rings is 1. The van der Waals surface area contributed by atoms with Crippen molar-refractivity contribution in [2.75, 3.05) is 19.6 Å². The number of fused-ring (bicyclic) bond motifs is 1. The Morgan fingerprint density at radius 3 is 2.11 bits per heavy atom. The number of carboxylic acids is 1. The van der Waals surface area contributed by atoms with E-state index in [1.54, 1.807) is 17.3 Å². The maximum Gasteiger partial charge on any atom is 1.00 e. The minimum atomic E-state index is -1.12. The van der Waals surface area contributed by atoms with E-state index in [2.05, 4.69) is 34.1 Å². The second-order valence-corrected chi connectivity index (χ2v) is 8.85. The van der Waals surface area contributed by atoms with Crippen LogP contribution in [0.3, 0.4) is 0 Å². The fourth-order valence-electron chi connectivity index (χ4n) is 5.07. The van der Waals surface area contributed by atoms with Crippen LogP contribution in [0.25, 0.3) is 10.8 Å². The zero-order valence-corrected chi connectivity index (χ0v) is 22.3. The van der Waals surface area contributed by atoms with Crippen molar-refractivity contribution >= 4 is 22.6 Å². The van der Waals surface area contributed by atoms with Gasteiger partial charge in [-0.1, -0.05) is 84.9 Å². The number of piperazine rings is 1. The second kappa shape index (κ2) is 11.8. The van der Waals surface area contributed by atoms with Gasteiger partial charge in [0.25, 0.3) is 5.91 Å². The zero-order valence-electron chi connectivity index (χ0n) is 20.3. The molecule has 4 aromatic rings. The van der Waals surface area contributed by atoms with E-state index >= 15 is 0 Å². The van der Waals surface area contributed by atoms with Gasteiger partial charge in [0.05, 0.1) is 11.6 Å². The molecular weight excluding hydrogens is 461 g/mol. The first-order chi connectivity index (χ1) is 17.1. The number of hydrogen-bond donors (Lipinski definition) is 0. The SMILES string of the molecule is O=C([O-])CC1CN(C(=O)c2cncc3ccccc23)CCN1C(c1ccccc1)c1ccccc1.[Na+]. The van der Waals surface area contributed by atoms with Gasteiger partial charge in [-0.15, -0.1) is 0 Å². The van der Waals surface area contributed by atoms with Crippen molar-refractivity contribution in [3.63, 3.8) is 0 Å². The second-order valence-electron chi connectivity index (χ2n) is 8.85. The molecule has 3 aromatic carbocycles. The zero-order chi connectivity index (χ0) is 24.2. The van der Waals surface area contributed by atoms with Crippen molar-refractivity contribution in [1.82, 2.24) is 14.8 Å². The van der Waals surface area contributed by atoms with Gasteiger partial charge >= 0.3 is 29.6 Å². The summed E-state index contributed by atoms with van der Waals surface area (Å²) >= 11 is 0. The van der Waals surface area contributed by atoms with Crippen molar-refractivity contribution in [2.24, 2.45) is 0 Å². The summed E-state index contributed by atoms with van der Waals surface area (Å²) in [4.78, 5) is 33.6. The van der Waals surface area contributed by atoms with Gasteiger partial charge in [-0.3, -0.25) is 14.7 Å². The molecule has 1 atom stereocenters. The van der Waals surface area contributed by atoms with Gasteiger partial charge in [0.15, 0.2) is 0 Å². The van der Waals surface area contributed by atoms with Crippen LogP contribution < -0.4 is 34.7 Å². The summed E-state index contributed by atoms with van der Waals surface area (Å²) in [5.74, 6) is -1.26. The van der Waals surface area contributed by atoms with Gasteiger partial charge in [0.2, 0.25) is 0 Å². The van der Waals surface area contributed by atoms with E-state index in [1.807, 2.05) is 60.7 Å². The topological polar surface area (TPSA) is 76.6 Å². The molecule has 6 nitrogen and oxygen atoms in total. The van der Waals surface area contributed by atoms with Crippen LogP contribution in [0.2, 0.25) is 0 Å². The Kier molecular flexibility index (Phi) is 8.54. The van der Waals surface area contributed by atoms with Crippen molar-refractivity contribution < 1.29 is 44.3 Å². The largest absolute Gasteiger partial charge is 1.00 e. The summed E-state index contributed by atoms with van der Waals surface area (Å²) < 4.78 is 0. The number of carbonyl (C=O) groups is 2. The van der Waals surface area contributed by atoms with Crippen LogP contribution in [0.15, 0.2) is 97.3 Å². The molecule has 1 aromatic heterocycles. The predicted molar refractivity (Wildman–Crippen MR) is 132 cm³/mol. The monoisotopic (exact) mass is 487 g/mol. The maximum atomic E-state index is 13.6. The molecular formula is C29H26N3NaO3. The normalized spacial score (nSPS) is 16.0. The average molecular weight is 488 g/mol. The molecule has 1 aliphatic rings. The fourth-order valence-corrected chi connectivity index (χ4v) is 5.07. The van der Waals surface area contributed by atoms with Gasteiger partial charge in [-0.2, -0.15) is 0 Å². The van der Waals surface area contributed by atoms with E-state index < -0.39 is 12.0 Å².